The van der Waals surface area contributed by atoms with Crippen molar-refractivity contribution in [3.8, 4) is 0 Å². The van der Waals surface area contributed by atoms with E-state index in [1.54, 1.807) is 0 Å². The highest BCUT2D eigenvalue weighted by Gasteiger charge is 2.41. The number of fused-ring (bicyclic) bond motifs is 1. The minimum absolute atomic E-state index is 0.318. The lowest BCUT2D eigenvalue weighted by atomic mass is 9.99. The molecule has 0 spiro atoms. The number of aliphatic hydroxyl groups is 1. The molecule has 0 bridgehead atoms. The summed E-state index contributed by atoms with van der Waals surface area (Å²) >= 11 is 5.26. The first-order valence-electron chi connectivity index (χ1n) is 8.29. The molecule has 2 aromatic rings. The molecule has 1 aromatic carbocycles. The molecule has 4 rings (SSSR count). The van der Waals surface area contributed by atoms with Gasteiger partial charge in [-0.1, -0.05) is 24.3 Å². The number of amides is 1. The van der Waals surface area contributed by atoms with Crippen LogP contribution in [0, 0.1) is 4.77 Å². The van der Waals surface area contributed by atoms with Crippen molar-refractivity contribution in [2.45, 2.75) is 43.7 Å². The van der Waals surface area contributed by atoms with Gasteiger partial charge in [0, 0.05) is 31.8 Å². The number of aromatic nitrogens is 3. The van der Waals surface area contributed by atoms with Gasteiger partial charge >= 0.3 is 0 Å². The van der Waals surface area contributed by atoms with Crippen LogP contribution in [0.3, 0.4) is 0 Å². The molecule has 0 unspecified atom stereocenters. The lowest BCUT2D eigenvalue weighted by Gasteiger charge is -2.21. The van der Waals surface area contributed by atoms with Gasteiger partial charge in [-0.25, -0.2) is 0 Å². The number of benzene rings is 1. The van der Waals surface area contributed by atoms with Gasteiger partial charge in [0.15, 0.2) is 10.4 Å². The fourth-order valence-corrected chi connectivity index (χ4v) is 3.63. The Morgan fingerprint density at radius 3 is 2.67 bits per heavy atom. The Balaban J connectivity index is 1.38. The number of aromatic amines is 1. The third-order valence-electron chi connectivity index (χ3n) is 4.86. The topological polar surface area (TPSA) is 82.9 Å². The summed E-state index contributed by atoms with van der Waals surface area (Å²) in [5.74, 6) is 1.14. The maximum atomic E-state index is 12.5. The SMILES string of the molecule is O=C(NCCn1c(C2CC2)n[nH]c1=S)C1(O)Cc2ccccc2C1. The molecular formula is C17H20N4O2S. The molecule has 7 heteroatoms. The van der Waals surface area contributed by atoms with Crippen molar-refractivity contribution in [1.82, 2.24) is 20.1 Å². The third kappa shape index (κ3) is 2.78. The Labute approximate surface area is 144 Å². The molecule has 1 amide bonds. The van der Waals surface area contributed by atoms with Gasteiger partial charge in [-0.3, -0.25) is 9.89 Å². The van der Waals surface area contributed by atoms with E-state index in [-0.39, 0.29) is 5.91 Å². The summed E-state index contributed by atoms with van der Waals surface area (Å²) in [6.07, 6.45) is 3.02. The third-order valence-corrected chi connectivity index (χ3v) is 5.17. The van der Waals surface area contributed by atoms with Crippen LogP contribution in [0.1, 0.15) is 35.7 Å². The summed E-state index contributed by atoms with van der Waals surface area (Å²) in [6, 6.07) is 7.80. The number of carbonyl (C=O) groups excluding carboxylic acids is 1. The largest absolute Gasteiger partial charge is 0.379 e. The quantitative estimate of drug-likeness (QED) is 0.717. The number of nitrogens with zero attached hydrogens (tertiary/aromatic N) is 2. The van der Waals surface area contributed by atoms with Gasteiger partial charge in [0.1, 0.15) is 5.82 Å². The molecule has 1 saturated carbocycles. The van der Waals surface area contributed by atoms with Crippen LogP contribution in [-0.4, -0.2) is 37.9 Å². The van der Waals surface area contributed by atoms with Gasteiger partial charge in [-0.2, -0.15) is 5.10 Å². The van der Waals surface area contributed by atoms with E-state index in [1.807, 2.05) is 28.8 Å². The van der Waals surface area contributed by atoms with Crippen molar-refractivity contribution >= 4 is 18.1 Å². The number of H-pyrrole nitrogens is 1. The van der Waals surface area contributed by atoms with E-state index in [4.69, 9.17) is 12.2 Å². The van der Waals surface area contributed by atoms with Crippen LogP contribution in [0.4, 0.5) is 0 Å². The molecule has 1 aromatic heterocycles. The Hall–Kier alpha value is -1.99. The minimum Gasteiger partial charge on any atom is -0.379 e. The average Bonchev–Trinajstić information content (AvgIpc) is 3.25. The number of rotatable bonds is 5. The van der Waals surface area contributed by atoms with Crippen molar-refractivity contribution in [3.63, 3.8) is 0 Å². The standard InChI is InChI=1S/C17H20N4O2S/c22-15(17(23)9-12-3-1-2-4-13(12)10-17)18-7-8-21-14(11-5-6-11)19-20-16(21)24/h1-4,11,23H,5-10H2,(H,18,22)(H,20,24). The van der Waals surface area contributed by atoms with Crippen LogP contribution >= 0.6 is 12.2 Å². The normalized spacial score (nSPS) is 18.4. The Kier molecular flexibility index (Phi) is 3.77. The average molecular weight is 344 g/mol. The summed E-state index contributed by atoms with van der Waals surface area (Å²) in [6.45, 7) is 0.987. The number of hydrogen-bond acceptors (Lipinski definition) is 4. The van der Waals surface area contributed by atoms with Crippen LogP contribution in [0.2, 0.25) is 0 Å². The highest BCUT2D eigenvalue weighted by atomic mass is 32.1. The van der Waals surface area contributed by atoms with Crippen LogP contribution < -0.4 is 5.32 Å². The fourth-order valence-electron chi connectivity index (χ4n) is 3.40. The van der Waals surface area contributed by atoms with Crippen molar-refractivity contribution < 1.29 is 9.90 Å². The molecule has 0 atom stereocenters. The first kappa shape index (κ1) is 15.5. The fraction of sp³-hybridized carbons (Fsp3) is 0.471. The summed E-state index contributed by atoms with van der Waals surface area (Å²) in [4.78, 5) is 12.5. The second kappa shape index (κ2) is 5.82. The smallest absolute Gasteiger partial charge is 0.252 e. The summed E-state index contributed by atoms with van der Waals surface area (Å²) < 4.78 is 2.53. The van der Waals surface area contributed by atoms with Gasteiger partial charge in [0.05, 0.1) is 0 Å². The van der Waals surface area contributed by atoms with Gasteiger partial charge in [-0.15, -0.1) is 0 Å². The van der Waals surface area contributed by atoms with E-state index < -0.39 is 5.60 Å². The zero-order chi connectivity index (χ0) is 16.7. The van der Waals surface area contributed by atoms with E-state index in [0.717, 1.165) is 29.8 Å². The Morgan fingerprint density at radius 1 is 1.38 bits per heavy atom. The Morgan fingerprint density at radius 2 is 2.04 bits per heavy atom. The van der Waals surface area contributed by atoms with E-state index in [2.05, 4.69) is 15.5 Å². The van der Waals surface area contributed by atoms with Crippen molar-refractivity contribution in [2.24, 2.45) is 0 Å². The second-order valence-corrected chi connectivity index (χ2v) is 7.11. The second-order valence-electron chi connectivity index (χ2n) is 6.72. The maximum Gasteiger partial charge on any atom is 0.252 e. The summed E-state index contributed by atoms with van der Waals surface area (Å²) in [5, 5.41) is 20.6. The van der Waals surface area contributed by atoms with Gasteiger partial charge < -0.3 is 15.0 Å². The first-order valence-corrected chi connectivity index (χ1v) is 8.70. The van der Waals surface area contributed by atoms with Crippen molar-refractivity contribution in [2.75, 3.05) is 6.54 Å². The van der Waals surface area contributed by atoms with E-state index in [0.29, 0.717) is 36.6 Å². The molecule has 0 saturated heterocycles. The predicted octanol–water partition coefficient (Wildman–Crippen LogP) is 1.46. The van der Waals surface area contributed by atoms with Gasteiger partial charge in [0.2, 0.25) is 0 Å². The molecule has 2 aliphatic carbocycles. The maximum absolute atomic E-state index is 12.5. The molecule has 0 radical (unpaired) electrons. The molecule has 24 heavy (non-hydrogen) atoms. The highest BCUT2D eigenvalue weighted by Crippen LogP contribution is 2.38. The van der Waals surface area contributed by atoms with E-state index in [1.165, 1.54) is 0 Å². The number of carbonyl (C=O) groups is 1. The molecule has 126 valence electrons. The molecule has 2 aliphatic rings. The van der Waals surface area contributed by atoms with E-state index >= 15 is 0 Å². The lowest BCUT2D eigenvalue weighted by Crippen LogP contribution is -2.48. The van der Waals surface area contributed by atoms with E-state index in [9.17, 15) is 9.90 Å². The molecule has 3 N–H and O–H groups in total. The molecular weight excluding hydrogens is 324 g/mol. The van der Waals surface area contributed by atoms with Crippen LogP contribution in [-0.2, 0) is 24.2 Å². The molecule has 0 aliphatic heterocycles. The van der Waals surface area contributed by atoms with Crippen LogP contribution in [0.15, 0.2) is 24.3 Å². The zero-order valence-electron chi connectivity index (χ0n) is 13.3. The zero-order valence-corrected chi connectivity index (χ0v) is 14.1. The number of nitrogens with one attached hydrogen (secondary N) is 2. The molecule has 1 fully saturated rings. The highest BCUT2D eigenvalue weighted by molar-refractivity contribution is 7.71. The summed E-state index contributed by atoms with van der Waals surface area (Å²) in [5.41, 5.74) is 0.743. The molecule has 1 heterocycles. The van der Waals surface area contributed by atoms with Crippen molar-refractivity contribution in [1.29, 1.82) is 0 Å². The Bertz CT molecular complexity index is 812. The van der Waals surface area contributed by atoms with Crippen LogP contribution in [0.25, 0.3) is 0 Å². The van der Waals surface area contributed by atoms with Gasteiger partial charge in [0.25, 0.3) is 5.91 Å². The van der Waals surface area contributed by atoms with Crippen LogP contribution in [0.5, 0.6) is 0 Å². The lowest BCUT2D eigenvalue weighted by molar-refractivity contribution is -0.138. The minimum atomic E-state index is -1.35. The van der Waals surface area contributed by atoms with Crippen molar-refractivity contribution in [3.05, 3.63) is 46.0 Å². The summed E-state index contributed by atoms with van der Waals surface area (Å²) in [7, 11) is 0. The molecule has 6 nitrogen and oxygen atoms in total. The van der Waals surface area contributed by atoms with Gasteiger partial charge in [-0.05, 0) is 36.2 Å². The first-order chi connectivity index (χ1) is 11.6. The number of hydrogen-bond donors (Lipinski definition) is 3. The monoisotopic (exact) mass is 344 g/mol. The predicted molar refractivity (Wildman–Crippen MR) is 91.2 cm³/mol.